The largest absolute Gasteiger partial charge is 0.353 e. The summed E-state index contributed by atoms with van der Waals surface area (Å²) in [6.07, 6.45) is 4.41. The van der Waals surface area contributed by atoms with Crippen LogP contribution < -0.4 is 5.32 Å². The second-order valence-corrected chi connectivity index (χ2v) is 7.01. The number of hydrogen-bond acceptors (Lipinski definition) is 3. The molecule has 140 valence electrons. The number of carbonyl (C=O) groups is 1. The molecule has 0 aliphatic carbocycles. The predicted octanol–water partition coefficient (Wildman–Crippen LogP) is 2.94. The lowest BCUT2D eigenvalue weighted by Crippen LogP contribution is -2.25. The van der Waals surface area contributed by atoms with Crippen molar-refractivity contribution >= 4 is 12.0 Å². The van der Waals surface area contributed by atoms with E-state index in [4.69, 9.17) is 0 Å². The van der Waals surface area contributed by atoms with Gasteiger partial charge in [0.05, 0.1) is 12.2 Å². The van der Waals surface area contributed by atoms with Gasteiger partial charge in [-0.05, 0) is 59.5 Å². The van der Waals surface area contributed by atoms with E-state index in [0.717, 1.165) is 36.5 Å². The van der Waals surface area contributed by atoms with Gasteiger partial charge in [0.15, 0.2) is 0 Å². The Kier molecular flexibility index (Phi) is 7.16. The third-order valence-corrected chi connectivity index (χ3v) is 4.37. The Labute approximate surface area is 156 Å². The molecule has 0 saturated heterocycles. The fourth-order valence-electron chi connectivity index (χ4n) is 2.80. The van der Waals surface area contributed by atoms with Crippen molar-refractivity contribution in [1.29, 1.82) is 0 Å². The van der Waals surface area contributed by atoms with E-state index in [9.17, 15) is 4.79 Å². The van der Waals surface area contributed by atoms with Crippen molar-refractivity contribution in [2.24, 2.45) is 0 Å². The summed E-state index contributed by atoms with van der Waals surface area (Å²) >= 11 is 0. The molecule has 0 atom stereocenters. The number of nitrogens with zero attached hydrogens (tertiary/aromatic N) is 3. The van der Waals surface area contributed by atoms with Crippen LogP contribution in [0, 0.1) is 20.8 Å². The molecule has 2 rings (SSSR count). The van der Waals surface area contributed by atoms with E-state index < -0.39 is 0 Å². The molecule has 1 heterocycles. The highest BCUT2D eigenvalue weighted by Crippen LogP contribution is 2.16. The fourth-order valence-corrected chi connectivity index (χ4v) is 2.80. The number of carbonyl (C=O) groups excluding carboxylic acids is 1. The van der Waals surface area contributed by atoms with Gasteiger partial charge in [-0.3, -0.25) is 9.48 Å². The van der Waals surface area contributed by atoms with Crippen LogP contribution in [0.4, 0.5) is 0 Å². The molecule has 0 spiro atoms. The van der Waals surface area contributed by atoms with Crippen LogP contribution >= 0.6 is 0 Å². The minimum absolute atomic E-state index is 0.0613. The van der Waals surface area contributed by atoms with Crippen molar-refractivity contribution in [2.45, 2.75) is 33.7 Å². The van der Waals surface area contributed by atoms with Gasteiger partial charge in [0.25, 0.3) is 0 Å². The predicted molar refractivity (Wildman–Crippen MR) is 107 cm³/mol. The molecule has 0 aliphatic rings. The van der Waals surface area contributed by atoms with Crippen molar-refractivity contribution in [1.82, 2.24) is 20.0 Å². The molecule has 2 aromatic rings. The molecule has 1 amide bonds. The van der Waals surface area contributed by atoms with E-state index in [1.165, 1.54) is 11.1 Å². The first kappa shape index (κ1) is 19.9. The lowest BCUT2D eigenvalue weighted by atomic mass is 10.1. The molecule has 1 aromatic heterocycles. The number of aryl methyl sites for hydroxylation is 2. The Morgan fingerprint density at radius 2 is 1.88 bits per heavy atom. The molecular formula is C21H30N4O. The Hall–Kier alpha value is -2.40. The first-order valence-electron chi connectivity index (χ1n) is 9.07. The summed E-state index contributed by atoms with van der Waals surface area (Å²) in [5, 5.41) is 7.55. The number of aromatic nitrogens is 2. The lowest BCUT2D eigenvalue weighted by molar-refractivity contribution is -0.116. The first-order chi connectivity index (χ1) is 12.4. The number of amides is 1. The summed E-state index contributed by atoms with van der Waals surface area (Å²) in [6, 6.07) is 8.48. The maximum absolute atomic E-state index is 12.0. The van der Waals surface area contributed by atoms with Gasteiger partial charge in [-0.2, -0.15) is 5.10 Å². The van der Waals surface area contributed by atoms with Gasteiger partial charge in [0.1, 0.15) is 0 Å². The second-order valence-electron chi connectivity index (χ2n) is 7.01. The van der Waals surface area contributed by atoms with Crippen LogP contribution in [0.2, 0.25) is 0 Å². The average molecular weight is 354 g/mol. The second kappa shape index (κ2) is 9.34. The molecule has 0 saturated carbocycles. The zero-order chi connectivity index (χ0) is 19.1. The van der Waals surface area contributed by atoms with Crippen molar-refractivity contribution in [2.75, 3.05) is 27.2 Å². The zero-order valence-electron chi connectivity index (χ0n) is 16.5. The normalized spacial score (nSPS) is 11.5. The molecule has 26 heavy (non-hydrogen) atoms. The van der Waals surface area contributed by atoms with Crippen LogP contribution in [0.5, 0.6) is 0 Å². The number of hydrogen-bond donors (Lipinski definition) is 1. The van der Waals surface area contributed by atoms with Gasteiger partial charge in [-0.15, -0.1) is 0 Å². The standard InChI is InChI=1S/C21H30N4O/c1-16-7-9-19(10-8-16)15-25-18(3)20(17(2)23-25)11-12-21(26)22-13-6-14-24(4)5/h7-12H,6,13-15H2,1-5H3,(H,22,26)/b12-11+. The highest BCUT2D eigenvalue weighted by atomic mass is 16.1. The van der Waals surface area contributed by atoms with E-state index in [0.29, 0.717) is 6.54 Å². The van der Waals surface area contributed by atoms with Crippen LogP contribution in [-0.4, -0.2) is 47.8 Å². The van der Waals surface area contributed by atoms with Crippen molar-refractivity contribution < 1.29 is 4.79 Å². The number of rotatable bonds is 8. The first-order valence-corrected chi connectivity index (χ1v) is 9.07. The van der Waals surface area contributed by atoms with Gasteiger partial charge < -0.3 is 10.2 Å². The van der Waals surface area contributed by atoms with E-state index in [1.54, 1.807) is 6.08 Å². The fraction of sp³-hybridized carbons (Fsp3) is 0.429. The topological polar surface area (TPSA) is 50.2 Å². The van der Waals surface area contributed by atoms with Crippen LogP contribution in [0.15, 0.2) is 30.3 Å². The Morgan fingerprint density at radius 1 is 1.19 bits per heavy atom. The SMILES string of the molecule is Cc1ccc(Cn2nc(C)c(/C=C/C(=O)NCCCN(C)C)c2C)cc1. The number of nitrogens with one attached hydrogen (secondary N) is 1. The van der Waals surface area contributed by atoms with Gasteiger partial charge in [0.2, 0.25) is 5.91 Å². The highest BCUT2D eigenvalue weighted by Gasteiger charge is 2.10. The summed E-state index contributed by atoms with van der Waals surface area (Å²) in [5.41, 5.74) is 5.49. The van der Waals surface area contributed by atoms with E-state index >= 15 is 0 Å². The summed E-state index contributed by atoms with van der Waals surface area (Å²) in [7, 11) is 4.06. The molecule has 0 bridgehead atoms. The molecular weight excluding hydrogens is 324 g/mol. The lowest BCUT2D eigenvalue weighted by Gasteiger charge is -2.08. The van der Waals surface area contributed by atoms with Crippen molar-refractivity contribution in [3.8, 4) is 0 Å². The third kappa shape index (κ3) is 5.85. The monoisotopic (exact) mass is 354 g/mol. The Bertz CT molecular complexity index is 757. The Morgan fingerprint density at radius 3 is 2.54 bits per heavy atom. The summed E-state index contributed by atoms with van der Waals surface area (Å²) < 4.78 is 1.99. The Balaban J connectivity index is 1.98. The van der Waals surface area contributed by atoms with Gasteiger partial charge >= 0.3 is 0 Å². The smallest absolute Gasteiger partial charge is 0.244 e. The molecule has 0 unspecified atom stereocenters. The quantitative estimate of drug-likeness (QED) is 0.586. The molecule has 0 aliphatic heterocycles. The molecule has 0 fully saturated rings. The zero-order valence-corrected chi connectivity index (χ0v) is 16.5. The molecule has 5 nitrogen and oxygen atoms in total. The third-order valence-electron chi connectivity index (χ3n) is 4.37. The summed E-state index contributed by atoms with van der Waals surface area (Å²) in [4.78, 5) is 14.1. The molecule has 0 radical (unpaired) electrons. The average Bonchev–Trinajstić information content (AvgIpc) is 2.85. The summed E-state index contributed by atoms with van der Waals surface area (Å²) in [5.74, 6) is -0.0613. The van der Waals surface area contributed by atoms with Gasteiger partial charge in [0, 0.05) is 23.9 Å². The van der Waals surface area contributed by atoms with Crippen molar-refractivity contribution in [3.05, 3.63) is 58.4 Å². The minimum atomic E-state index is -0.0613. The van der Waals surface area contributed by atoms with Crippen LogP contribution in [0.3, 0.4) is 0 Å². The van der Waals surface area contributed by atoms with Crippen LogP contribution in [0.25, 0.3) is 6.08 Å². The van der Waals surface area contributed by atoms with E-state index in [-0.39, 0.29) is 5.91 Å². The molecule has 5 heteroatoms. The number of benzene rings is 1. The highest BCUT2D eigenvalue weighted by molar-refractivity contribution is 5.91. The van der Waals surface area contributed by atoms with Crippen molar-refractivity contribution in [3.63, 3.8) is 0 Å². The maximum atomic E-state index is 12.0. The van der Waals surface area contributed by atoms with E-state index in [2.05, 4.69) is 46.5 Å². The molecule has 1 N–H and O–H groups in total. The maximum Gasteiger partial charge on any atom is 0.244 e. The van der Waals surface area contributed by atoms with E-state index in [1.807, 2.05) is 38.7 Å². The summed E-state index contributed by atoms with van der Waals surface area (Å²) in [6.45, 7) is 8.50. The van der Waals surface area contributed by atoms with Gasteiger partial charge in [-0.25, -0.2) is 0 Å². The van der Waals surface area contributed by atoms with Gasteiger partial charge in [-0.1, -0.05) is 29.8 Å². The molecule has 1 aromatic carbocycles. The minimum Gasteiger partial charge on any atom is -0.353 e. The van der Waals surface area contributed by atoms with Crippen LogP contribution in [-0.2, 0) is 11.3 Å². The van der Waals surface area contributed by atoms with Crippen LogP contribution in [0.1, 0.15) is 34.5 Å².